The van der Waals surface area contributed by atoms with Crippen molar-refractivity contribution < 1.29 is 14.6 Å². The van der Waals surface area contributed by atoms with Crippen LogP contribution >= 0.6 is 31.9 Å². The van der Waals surface area contributed by atoms with Crippen LogP contribution in [0.3, 0.4) is 0 Å². The molecule has 0 radical (unpaired) electrons. The quantitative estimate of drug-likeness (QED) is 0.841. The number of esters is 1. The summed E-state index contributed by atoms with van der Waals surface area (Å²) in [5.74, 6) is -0.323. The molecule has 0 spiro atoms. The van der Waals surface area contributed by atoms with Gasteiger partial charge in [-0.3, -0.25) is 0 Å². The number of phenols is 1. The smallest absolute Gasteiger partial charge is 0.338 e. The zero-order valence-corrected chi connectivity index (χ0v) is 12.1. The number of ether oxygens (including phenoxy) is 1. The van der Waals surface area contributed by atoms with E-state index in [4.69, 9.17) is 4.74 Å². The van der Waals surface area contributed by atoms with Crippen LogP contribution in [0.15, 0.2) is 21.1 Å². The molecule has 0 aromatic heterocycles. The van der Waals surface area contributed by atoms with Gasteiger partial charge in [-0.1, -0.05) is 6.92 Å². The van der Waals surface area contributed by atoms with E-state index in [-0.39, 0.29) is 11.9 Å². The Balaban J connectivity index is 2.93. The van der Waals surface area contributed by atoms with Crippen LogP contribution in [-0.2, 0) is 4.74 Å². The highest BCUT2D eigenvalue weighted by Crippen LogP contribution is 2.33. The molecule has 1 rings (SSSR count). The van der Waals surface area contributed by atoms with E-state index in [2.05, 4.69) is 31.9 Å². The number of hydrogen-bond donors (Lipinski definition) is 1. The topological polar surface area (TPSA) is 46.5 Å². The number of hydrogen-bond acceptors (Lipinski definition) is 3. The fourth-order valence-corrected chi connectivity index (χ4v) is 2.20. The molecule has 3 nitrogen and oxygen atoms in total. The van der Waals surface area contributed by atoms with Crippen molar-refractivity contribution in [3.8, 4) is 5.75 Å². The molecule has 1 atom stereocenters. The molecular weight excluding hydrogens is 340 g/mol. The second-order valence-corrected chi connectivity index (χ2v) is 5.12. The Bertz CT molecular complexity index is 381. The molecule has 0 fully saturated rings. The Kier molecular flexibility index (Phi) is 4.80. The van der Waals surface area contributed by atoms with Crippen molar-refractivity contribution in [3.63, 3.8) is 0 Å². The van der Waals surface area contributed by atoms with Crippen molar-refractivity contribution in [2.75, 3.05) is 0 Å². The molecule has 0 aliphatic rings. The SMILES string of the molecule is CCC(C)OC(=O)c1cc(Br)c(O)c(Br)c1. The summed E-state index contributed by atoms with van der Waals surface area (Å²) in [5.41, 5.74) is 0.400. The highest BCUT2D eigenvalue weighted by molar-refractivity contribution is 9.11. The summed E-state index contributed by atoms with van der Waals surface area (Å²) in [6.45, 7) is 3.78. The summed E-state index contributed by atoms with van der Waals surface area (Å²) in [5, 5.41) is 9.49. The van der Waals surface area contributed by atoms with E-state index < -0.39 is 5.97 Å². The molecule has 1 aromatic rings. The van der Waals surface area contributed by atoms with Crippen molar-refractivity contribution >= 4 is 37.8 Å². The molecule has 1 N–H and O–H groups in total. The first-order valence-electron chi connectivity index (χ1n) is 4.84. The maximum absolute atomic E-state index is 11.7. The Labute approximate surface area is 111 Å². The first-order valence-corrected chi connectivity index (χ1v) is 6.43. The normalized spacial score (nSPS) is 12.2. The molecule has 5 heteroatoms. The monoisotopic (exact) mass is 350 g/mol. The van der Waals surface area contributed by atoms with Crippen molar-refractivity contribution in [1.82, 2.24) is 0 Å². The van der Waals surface area contributed by atoms with Crippen molar-refractivity contribution in [2.45, 2.75) is 26.4 Å². The Morgan fingerprint density at radius 2 is 1.94 bits per heavy atom. The van der Waals surface area contributed by atoms with Gasteiger partial charge in [0.2, 0.25) is 0 Å². The third-order valence-corrected chi connectivity index (χ3v) is 3.34. The first kappa shape index (κ1) is 13.5. The summed E-state index contributed by atoms with van der Waals surface area (Å²) in [4.78, 5) is 11.7. The predicted molar refractivity (Wildman–Crippen MR) is 68.7 cm³/mol. The van der Waals surface area contributed by atoms with Crippen LogP contribution in [0, 0.1) is 0 Å². The number of carbonyl (C=O) groups excluding carboxylic acids is 1. The fraction of sp³-hybridized carbons (Fsp3) is 0.364. The molecule has 0 amide bonds. The summed E-state index contributed by atoms with van der Waals surface area (Å²) < 4.78 is 6.09. The zero-order valence-electron chi connectivity index (χ0n) is 8.96. The van der Waals surface area contributed by atoms with E-state index in [1.54, 1.807) is 0 Å². The third-order valence-electron chi connectivity index (χ3n) is 2.14. The van der Waals surface area contributed by atoms with Gasteiger partial charge in [-0.2, -0.15) is 0 Å². The number of rotatable bonds is 3. The highest BCUT2D eigenvalue weighted by atomic mass is 79.9. The Hall–Kier alpha value is -0.550. The van der Waals surface area contributed by atoms with Crippen LogP contribution in [0.25, 0.3) is 0 Å². The number of halogens is 2. The standard InChI is InChI=1S/C11H12Br2O3/c1-3-6(2)16-11(15)7-4-8(12)10(14)9(13)5-7/h4-6,14H,3H2,1-2H3. The fourth-order valence-electron chi connectivity index (χ4n) is 1.02. The number of benzene rings is 1. The summed E-state index contributed by atoms with van der Waals surface area (Å²) >= 11 is 6.32. The minimum absolute atomic E-state index is 0.0695. The molecule has 0 aliphatic carbocycles. The summed E-state index contributed by atoms with van der Waals surface area (Å²) in [6, 6.07) is 3.07. The van der Waals surface area contributed by atoms with E-state index in [0.717, 1.165) is 6.42 Å². The van der Waals surface area contributed by atoms with Crippen molar-refractivity contribution in [1.29, 1.82) is 0 Å². The molecule has 16 heavy (non-hydrogen) atoms. The second kappa shape index (κ2) is 5.68. The Morgan fingerprint density at radius 3 is 2.38 bits per heavy atom. The van der Waals surface area contributed by atoms with Crippen LogP contribution in [0.2, 0.25) is 0 Å². The van der Waals surface area contributed by atoms with Crippen LogP contribution < -0.4 is 0 Å². The molecule has 0 aliphatic heterocycles. The molecule has 0 heterocycles. The maximum Gasteiger partial charge on any atom is 0.338 e. The minimum atomic E-state index is -0.393. The van der Waals surface area contributed by atoms with Gasteiger partial charge in [0.05, 0.1) is 20.6 Å². The highest BCUT2D eigenvalue weighted by Gasteiger charge is 2.14. The molecule has 88 valence electrons. The van der Waals surface area contributed by atoms with Gasteiger partial charge in [0.25, 0.3) is 0 Å². The maximum atomic E-state index is 11.7. The molecule has 0 bridgehead atoms. The lowest BCUT2D eigenvalue weighted by molar-refractivity contribution is 0.0334. The summed E-state index contributed by atoms with van der Waals surface area (Å²) in [7, 11) is 0. The van der Waals surface area contributed by atoms with Crippen LogP contribution in [0.1, 0.15) is 30.6 Å². The van der Waals surface area contributed by atoms with E-state index >= 15 is 0 Å². The lowest BCUT2D eigenvalue weighted by Crippen LogP contribution is -2.14. The average Bonchev–Trinajstić information content (AvgIpc) is 2.24. The predicted octanol–water partition coefficient (Wildman–Crippen LogP) is 3.87. The molecule has 1 aromatic carbocycles. The van der Waals surface area contributed by atoms with E-state index in [1.165, 1.54) is 12.1 Å². The van der Waals surface area contributed by atoms with Gasteiger partial charge in [-0.25, -0.2) is 4.79 Å². The van der Waals surface area contributed by atoms with E-state index in [9.17, 15) is 9.90 Å². The van der Waals surface area contributed by atoms with Crippen LogP contribution in [-0.4, -0.2) is 17.2 Å². The van der Waals surface area contributed by atoms with E-state index in [0.29, 0.717) is 14.5 Å². The minimum Gasteiger partial charge on any atom is -0.506 e. The lowest BCUT2D eigenvalue weighted by atomic mass is 10.2. The van der Waals surface area contributed by atoms with Crippen LogP contribution in [0.4, 0.5) is 0 Å². The van der Waals surface area contributed by atoms with Gasteiger partial charge in [0, 0.05) is 0 Å². The molecule has 0 saturated heterocycles. The first-order chi connectivity index (χ1) is 7.45. The number of aromatic hydroxyl groups is 1. The zero-order chi connectivity index (χ0) is 12.3. The van der Waals surface area contributed by atoms with Crippen LogP contribution in [0.5, 0.6) is 5.75 Å². The lowest BCUT2D eigenvalue weighted by Gasteiger charge is -2.11. The van der Waals surface area contributed by atoms with Gasteiger partial charge >= 0.3 is 5.97 Å². The summed E-state index contributed by atoms with van der Waals surface area (Å²) in [6.07, 6.45) is 0.658. The molecule has 1 unspecified atom stereocenters. The number of phenolic OH excluding ortho intramolecular Hbond substituents is 1. The Morgan fingerprint density at radius 1 is 1.44 bits per heavy atom. The number of carbonyl (C=O) groups is 1. The molecule has 0 saturated carbocycles. The second-order valence-electron chi connectivity index (χ2n) is 3.41. The van der Waals surface area contributed by atoms with Gasteiger partial charge < -0.3 is 9.84 Å². The van der Waals surface area contributed by atoms with Crippen molar-refractivity contribution in [2.24, 2.45) is 0 Å². The van der Waals surface area contributed by atoms with Gasteiger partial charge in [0.1, 0.15) is 5.75 Å². The molecular formula is C11H12Br2O3. The van der Waals surface area contributed by atoms with Gasteiger partial charge in [-0.15, -0.1) is 0 Å². The third kappa shape index (κ3) is 3.22. The van der Waals surface area contributed by atoms with E-state index in [1.807, 2.05) is 13.8 Å². The van der Waals surface area contributed by atoms with Gasteiger partial charge in [0.15, 0.2) is 0 Å². The van der Waals surface area contributed by atoms with Crippen molar-refractivity contribution in [3.05, 3.63) is 26.6 Å². The van der Waals surface area contributed by atoms with Gasteiger partial charge in [-0.05, 0) is 57.3 Å². The average molecular weight is 352 g/mol. The largest absolute Gasteiger partial charge is 0.506 e.